The molecule has 8 nitrogen and oxygen atoms in total. The minimum atomic E-state index is -1.03. The van der Waals surface area contributed by atoms with E-state index in [4.69, 9.17) is 20.0 Å². The average molecular weight is 362 g/mol. The van der Waals surface area contributed by atoms with Crippen LogP contribution in [-0.4, -0.2) is 36.7 Å². The summed E-state index contributed by atoms with van der Waals surface area (Å²) in [6, 6.07) is 5.50. The fourth-order valence-corrected chi connectivity index (χ4v) is 2.56. The predicted molar refractivity (Wildman–Crippen MR) is 95.2 cm³/mol. The van der Waals surface area contributed by atoms with Gasteiger partial charge in [-0.1, -0.05) is 0 Å². The SMILES string of the molecule is COc1ccc2c(CC(=O)NCCCCC(N)C(=O)O)cc(=O)oc2c1. The molecule has 1 heterocycles. The van der Waals surface area contributed by atoms with E-state index in [1.807, 2.05) is 0 Å². The molecule has 0 aliphatic carbocycles. The molecule has 1 aromatic carbocycles. The summed E-state index contributed by atoms with van der Waals surface area (Å²) >= 11 is 0. The van der Waals surface area contributed by atoms with E-state index in [1.165, 1.54) is 13.2 Å². The van der Waals surface area contributed by atoms with Gasteiger partial charge >= 0.3 is 11.6 Å². The number of ether oxygens (including phenoxy) is 1. The molecule has 0 aliphatic rings. The number of carboxylic acid groups (broad SMARTS) is 1. The number of unbranched alkanes of at least 4 members (excludes halogenated alkanes) is 1. The molecule has 0 aliphatic heterocycles. The molecule has 1 amide bonds. The van der Waals surface area contributed by atoms with Gasteiger partial charge in [-0.2, -0.15) is 0 Å². The van der Waals surface area contributed by atoms with Crippen LogP contribution < -0.4 is 21.4 Å². The Morgan fingerprint density at radius 1 is 1.31 bits per heavy atom. The fraction of sp³-hybridized carbons (Fsp3) is 0.389. The molecule has 0 saturated carbocycles. The van der Waals surface area contributed by atoms with E-state index in [2.05, 4.69) is 5.32 Å². The van der Waals surface area contributed by atoms with Crippen molar-refractivity contribution in [1.82, 2.24) is 5.32 Å². The average Bonchev–Trinajstić information content (AvgIpc) is 2.60. The second-order valence-corrected chi connectivity index (χ2v) is 5.92. The number of nitrogens with two attached hydrogens (primary N) is 1. The quantitative estimate of drug-likeness (QED) is 0.448. The van der Waals surface area contributed by atoms with Crippen molar-refractivity contribution >= 4 is 22.8 Å². The third kappa shape index (κ3) is 5.32. The van der Waals surface area contributed by atoms with Crippen LogP contribution in [0.2, 0.25) is 0 Å². The number of rotatable bonds is 9. The van der Waals surface area contributed by atoms with Gasteiger partial charge < -0.3 is 25.3 Å². The van der Waals surface area contributed by atoms with Crippen molar-refractivity contribution in [2.24, 2.45) is 5.73 Å². The molecule has 140 valence electrons. The first-order chi connectivity index (χ1) is 12.4. The third-order valence-electron chi connectivity index (χ3n) is 3.97. The molecule has 1 unspecified atom stereocenters. The maximum Gasteiger partial charge on any atom is 0.336 e. The van der Waals surface area contributed by atoms with Crippen molar-refractivity contribution in [3.05, 3.63) is 40.2 Å². The number of carbonyl (C=O) groups is 2. The molecule has 0 spiro atoms. The summed E-state index contributed by atoms with van der Waals surface area (Å²) in [5.74, 6) is -0.697. The molecule has 2 rings (SSSR count). The van der Waals surface area contributed by atoms with Gasteiger partial charge in [0.2, 0.25) is 5.91 Å². The van der Waals surface area contributed by atoms with Crippen LogP contribution in [0, 0.1) is 0 Å². The number of amides is 1. The normalized spacial score (nSPS) is 11.9. The monoisotopic (exact) mass is 362 g/mol. The lowest BCUT2D eigenvalue weighted by atomic mass is 10.1. The molecule has 26 heavy (non-hydrogen) atoms. The van der Waals surface area contributed by atoms with E-state index < -0.39 is 17.6 Å². The zero-order chi connectivity index (χ0) is 19.1. The molecule has 0 radical (unpaired) electrons. The Bertz CT molecular complexity index is 845. The summed E-state index contributed by atoms with van der Waals surface area (Å²) in [7, 11) is 1.51. The third-order valence-corrected chi connectivity index (χ3v) is 3.97. The van der Waals surface area contributed by atoms with Crippen molar-refractivity contribution in [3.63, 3.8) is 0 Å². The smallest absolute Gasteiger partial charge is 0.336 e. The topological polar surface area (TPSA) is 132 Å². The molecule has 8 heteroatoms. The number of carboxylic acids is 1. The summed E-state index contributed by atoms with van der Waals surface area (Å²) in [5.41, 5.74) is 5.82. The van der Waals surface area contributed by atoms with Crippen LogP contribution in [0.25, 0.3) is 11.0 Å². The van der Waals surface area contributed by atoms with Crippen molar-refractivity contribution in [1.29, 1.82) is 0 Å². The lowest BCUT2D eigenvalue weighted by molar-refractivity contribution is -0.138. The van der Waals surface area contributed by atoms with Gasteiger partial charge in [-0.05, 0) is 37.0 Å². The highest BCUT2D eigenvalue weighted by Gasteiger charge is 2.12. The van der Waals surface area contributed by atoms with Crippen LogP contribution in [0.5, 0.6) is 5.75 Å². The van der Waals surface area contributed by atoms with Crippen LogP contribution in [0.1, 0.15) is 24.8 Å². The van der Waals surface area contributed by atoms with Gasteiger partial charge in [0, 0.05) is 24.1 Å². The van der Waals surface area contributed by atoms with Crippen LogP contribution in [0.15, 0.2) is 33.5 Å². The molecule has 1 aromatic heterocycles. The highest BCUT2D eigenvalue weighted by atomic mass is 16.5. The highest BCUT2D eigenvalue weighted by Crippen LogP contribution is 2.22. The van der Waals surface area contributed by atoms with Crippen LogP contribution in [0.3, 0.4) is 0 Å². The standard InChI is InChI=1S/C18H22N2O6/c1-25-12-5-6-13-11(9-17(22)26-15(13)10-12)8-16(21)20-7-3-2-4-14(19)18(23)24/h5-6,9-10,14H,2-4,7-8,19H2,1H3,(H,20,21)(H,23,24). The number of fused-ring (bicyclic) bond motifs is 1. The Morgan fingerprint density at radius 3 is 2.77 bits per heavy atom. The lowest BCUT2D eigenvalue weighted by Crippen LogP contribution is -2.30. The first-order valence-corrected chi connectivity index (χ1v) is 8.26. The maximum atomic E-state index is 12.1. The van der Waals surface area contributed by atoms with E-state index in [0.717, 1.165) is 0 Å². The fourth-order valence-electron chi connectivity index (χ4n) is 2.56. The van der Waals surface area contributed by atoms with Gasteiger partial charge in [0.25, 0.3) is 0 Å². The molecule has 0 bridgehead atoms. The van der Waals surface area contributed by atoms with Crippen molar-refractivity contribution in [2.45, 2.75) is 31.7 Å². The number of hydrogen-bond donors (Lipinski definition) is 3. The van der Waals surface area contributed by atoms with Gasteiger partial charge in [-0.15, -0.1) is 0 Å². The maximum absolute atomic E-state index is 12.1. The Labute approximate surface area is 149 Å². The summed E-state index contributed by atoms with van der Waals surface area (Å²) in [6.45, 7) is 0.415. The molecular formula is C18H22N2O6. The number of benzene rings is 1. The van der Waals surface area contributed by atoms with E-state index in [0.29, 0.717) is 48.1 Å². The minimum Gasteiger partial charge on any atom is -0.497 e. The molecular weight excluding hydrogens is 340 g/mol. The number of methoxy groups -OCH3 is 1. The first kappa shape index (κ1) is 19.5. The number of nitrogens with one attached hydrogen (secondary N) is 1. The molecule has 4 N–H and O–H groups in total. The van der Waals surface area contributed by atoms with Crippen molar-refractivity contribution < 1.29 is 23.8 Å². The zero-order valence-corrected chi connectivity index (χ0v) is 14.5. The van der Waals surface area contributed by atoms with E-state index in [1.54, 1.807) is 18.2 Å². The highest BCUT2D eigenvalue weighted by molar-refractivity contribution is 5.87. The predicted octanol–water partition coefficient (Wildman–Crippen LogP) is 1.04. The largest absolute Gasteiger partial charge is 0.497 e. The summed E-state index contributed by atoms with van der Waals surface area (Å²) in [4.78, 5) is 34.4. The number of hydrogen-bond acceptors (Lipinski definition) is 6. The molecule has 0 saturated heterocycles. The van der Waals surface area contributed by atoms with Gasteiger partial charge in [-0.3, -0.25) is 9.59 Å². The Kier molecular flexibility index (Phi) is 6.74. The van der Waals surface area contributed by atoms with Crippen LogP contribution >= 0.6 is 0 Å². The first-order valence-electron chi connectivity index (χ1n) is 8.26. The van der Waals surface area contributed by atoms with Gasteiger partial charge in [-0.25, -0.2) is 4.79 Å². The Balaban J connectivity index is 1.92. The van der Waals surface area contributed by atoms with Gasteiger partial charge in [0.1, 0.15) is 17.4 Å². The molecule has 0 fully saturated rings. The van der Waals surface area contributed by atoms with Crippen LogP contribution in [0.4, 0.5) is 0 Å². The molecule has 2 aromatic rings. The Hall–Kier alpha value is -2.87. The lowest BCUT2D eigenvalue weighted by Gasteiger charge is -2.09. The summed E-state index contributed by atoms with van der Waals surface area (Å²) in [6.07, 6.45) is 1.63. The zero-order valence-electron chi connectivity index (χ0n) is 14.5. The van der Waals surface area contributed by atoms with E-state index in [9.17, 15) is 14.4 Å². The summed E-state index contributed by atoms with van der Waals surface area (Å²) < 4.78 is 10.3. The number of aliphatic carboxylic acids is 1. The molecule has 1 atom stereocenters. The van der Waals surface area contributed by atoms with Crippen molar-refractivity contribution in [2.75, 3.05) is 13.7 Å². The number of carbonyl (C=O) groups excluding carboxylic acids is 1. The van der Waals surface area contributed by atoms with Gasteiger partial charge in [0.05, 0.1) is 13.5 Å². The second-order valence-electron chi connectivity index (χ2n) is 5.92. The van der Waals surface area contributed by atoms with E-state index >= 15 is 0 Å². The second kappa shape index (κ2) is 9.00. The van der Waals surface area contributed by atoms with Crippen molar-refractivity contribution in [3.8, 4) is 5.75 Å². The van der Waals surface area contributed by atoms with E-state index in [-0.39, 0.29) is 12.3 Å². The summed E-state index contributed by atoms with van der Waals surface area (Å²) in [5, 5.41) is 12.1. The van der Waals surface area contributed by atoms with Gasteiger partial charge in [0.15, 0.2) is 0 Å². The minimum absolute atomic E-state index is 0.0447. The Morgan fingerprint density at radius 2 is 2.08 bits per heavy atom. The van der Waals surface area contributed by atoms with Crippen LogP contribution in [-0.2, 0) is 16.0 Å².